The quantitative estimate of drug-likeness (QED) is 0.720. The summed E-state index contributed by atoms with van der Waals surface area (Å²) in [5.74, 6) is -0.607. The van der Waals surface area contributed by atoms with Crippen LogP contribution in [0.25, 0.3) is 5.69 Å². The molecule has 1 unspecified atom stereocenters. The topological polar surface area (TPSA) is 89.2 Å². The molecule has 1 aromatic carbocycles. The summed E-state index contributed by atoms with van der Waals surface area (Å²) in [5, 5.41) is 5.40. The van der Waals surface area contributed by atoms with E-state index in [0.717, 1.165) is 11.3 Å². The monoisotopic (exact) mass is 338 g/mol. The molecule has 0 saturated heterocycles. The van der Waals surface area contributed by atoms with Crippen molar-refractivity contribution in [3.05, 3.63) is 72.7 Å². The molecule has 3 aromatic rings. The van der Waals surface area contributed by atoms with Crippen LogP contribution in [0.4, 0.5) is 0 Å². The molecule has 2 aromatic heterocycles. The molecule has 2 N–H and O–H groups in total. The van der Waals surface area contributed by atoms with E-state index in [4.69, 9.17) is 4.42 Å². The van der Waals surface area contributed by atoms with Crippen LogP contribution in [0.3, 0.4) is 0 Å². The third kappa shape index (κ3) is 4.14. The maximum atomic E-state index is 12.0. The van der Waals surface area contributed by atoms with Crippen molar-refractivity contribution in [1.82, 2.24) is 20.2 Å². The highest BCUT2D eigenvalue weighted by molar-refractivity contribution is 5.96. The molecule has 3 rings (SSSR count). The largest absolute Gasteiger partial charge is 0.472 e. The summed E-state index contributed by atoms with van der Waals surface area (Å²) in [4.78, 5) is 27.8. The lowest BCUT2D eigenvalue weighted by atomic mass is 10.1. The van der Waals surface area contributed by atoms with E-state index in [2.05, 4.69) is 15.6 Å². The number of hydrogen-bond donors (Lipinski definition) is 2. The minimum absolute atomic E-state index is 0.0958. The first-order valence-electron chi connectivity index (χ1n) is 7.81. The number of hydrogen-bond acceptors (Lipinski definition) is 4. The van der Waals surface area contributed by atoms with Gasteiger partial charge in [0.05, 0.1) is 30.7 Å². The van der Waals surface area contributed by atoms with Gasteiger partial charge in [-0.1, -0.05) is 12.1 Å². The van der Waals surface area contributed by atoms with Crippen molar-refractivity contribution in [2.45, 2.75) is 13.0 Å². The van der Waals surface area contributed by atoms with Gasteiger partial charge in [-0.25, -0.2) is 4.98 Å². The van der Waals surface area contributed by atoms with Crippen molar-refractivity contribution in [3.63, 3.8) is 0 Å². The van der Waals surface area contributed by atoms with Crippen molar-refractivity contribution in [1.29, 1.82) is 0 Å². The molecule has 128 valence electrons. The number of amides is 2. The van der Waals surface area contributed by atoms with Crippen LogP contribution < -0.4 is 10.6 Å². The Labute approximate surface area is 144 Å². The zero-order chi connectivity index (χ0) is 17.6. The standard InChI is InChI=1S/C18H18N4O3/c1-13(14-2-4-16(5-3-14)22-8-7-19-12-22)21-17(23)10-20-18(24)15-6-9-25-11-15/h2-9,11-13H,10H2,1H3,(H,20,24)(H,21,23). The van der Waals surface area contributed by atoms with E-state index >= 15 is 0 Å². The number of aromatic nitrogens is 2. The molecular weight excluding hydrogens is 320 g/mol. The first-order chi connectivity index (χ1) is 12.1. The average molecular weight is 338 g/mol. The van der Waals surface area contributed by atoms with Crippen LogP contribution in [0, 0.1) is 0 Å². The van der Waals surface area contributed by atoms with Crippen LogP contribution in [0.15, 0.2) is 66.0 Å². The SMILES string of the molecule is CC(NC(=O)CNC(=O)c1ccoc1)c1ccc(-n2ccnc2)cc1. The number of benzene rings is 1. The number of carbonyl (C=O) groups is 2. The van der Waals surface area contributed by atoms with Gasteiger partial charge in [-0.05, 0) is 30.7 Å². The summed E-state index contributed by atoms with van der Waals surface area (Å²) in [5.41, 5.74) is 2.35. The normalized spacial score (nSPS) is 11.7. The van der Waals surface area contributed by atoms with Gasteiger partial charge in [-0.2, -0.15) is 0 Å². The van der Waals surface area contributed by atoms with E-state index < -0.39 is 0 Å². The molecule has 0 spiro atoms. The van der Waals surface area contributed by atoms with E-state index in [1.807, 2.05) is 42.0 Å². The lowest BCUT2D eigenvalue weighted by molar-refractivity contribution is -0.120. The summed E-state index contributed by atoms with van der Waals surface area (Å²) >= 11 is 0. The number of nitrogens with one attached hydrogen (secondary N) is 2. The molecule has 0 aliphatic heterocycles. The third-order valence-corrected chi connectivity index (χ3v) is 3.77. The Morgan fingerprint density at radius 3 is 2.68 bits per heavy atom. The van der Waals surface area contributed by atoms with Crippen molar-refractivity contribution in [3.8, 4) is 5.69 Å². The van der Waals surface area contributed by atoms with E-state index in [-0.39, 0.29) is 24.4 Å². The van der Waals surface area contributed by atoms with Gasteiger partial charge >= 0.3 is 0 Å². The molecule has 1 atom stereocenters. The highest BCUT2D eigenvalue weighted by Gasteiger charge is 2.12. The van der Waals surface area contributed by atoms with E-state index in [0.29, 0.717) is 5.56 Å². The van der Waals surface area contributed by atoms with Gasteiger partial charge < -0.3 is 19.6 Å². The molecule has 2 amide bonds. The highest BCUT2D eigenvalue weighted by atomic mass is 16.3. The fourth-order valence-corrected chi connectivity index (χ4v) is 2.38. The van der Waals surface area contributed by atoms with Crippen molar-refractivity contribution in [2.75, 3.05) is 6.54 Å². The summed E-state index contributed by atoms with van der Waals surface area (Å²) in [6, 6.07) is 9.18. The van der Waals surface area contributed by atoms with Gasteiger partial charge in [0.2, 0.25) is 5.91 Å². The summed E-state index contributed by atoms with van der Waals surface area (Å²) in [6.07, 6.45) is 8.04. The number of carbonyl (C=O) groups excluding carboxylic acids is 2. The minimum Gasteiger partial charge on any atom is -0.472 e. The fourth-order valence-electron chi connectivity index (χ4n) is 2.38. The molecule has 0 radical (unpaired) electrons. The Bertz CT molecular complexity index is 824. The number of rotatable bonds is 6. The fraction of sp³-hybridized carbons (Fsp3) is 0.167. The molecule has 0 bridgehead atoms. The minimum atomic E-state index is -0.346. The Morgan fingerprint density at radius 2 is 2.04 bits per heavy atom. The Hall–Kier alpha value is -3.35. The molecule has 0 saturated carbocycles. The lowest BCUT2D eigenvalue weighted by Crippen LogP contribution is -2.37. The molecule has 0 fully saturated rings. The van der Waals surface area contributed by atoms with Crippen LogP contribution in [0.5, 0.6) is 0 Å². The molecule has 0 aliphatic rings. The number of nitrogens with zero attached hydrogens (tertiary/aromatic N) is 2. The first kappa shape index (κ1) is 16.5. The smallest absolute Gasteiger partial charge is 0.254 e. The predicted octanol–water partition coefficient (Wildman–Crippen LogP) is 2.07. The Balaban J connectivity index is 1.52. The molecular formula is C18H18N4O3. The van der Waals surface area contributed by atoms with E-state index in [1.54, 1.807) is 12.5 Å². The van der Waals surface area contributed by atoms with Crippen LogP contribution in [0.2, 0.25) is 0 Å². The number of furan rings is 1. The van der Waals surface area contributed by atoms with Crippen molar-refractivity contribution < 1.29 is 14.0 Å². The second-order valence-corrected chi connectivity index (χ2v) is 5.55. The van der Waals surface area contributed by atoms with Gasteiger partial charge in [-0.15, -0.1) is 0 Å². The van der Waals surface area contributed by atoms with Gasteiger partial charge in [0, 0.05) is 18.1 Å². The maximum Gasteiger partial charge on any atom is 0.254 e. The van der Waals surface area contributed by atoms with Gasteiger partial charge in [-0.3, -0.25) is 9.59 Å². The van der Waals surface area contributed by atoms with Gasteiger partial charge in [0.1, 0.15) is 6.26 Å². The molecule has 0 aliphatic carbocycles. The summed E-state index contributed by atoms with van der Waals surface area (Å²) < 4.78 is 6.74. The summed E-state index contributed by atoms with van der Waals surface area (Å²) in [6.45, 7) is 1.80. The summed E-state index contributed by atoms with van der Waals surface area (Å²) in [7, 11) is 0. The van der Waals surface area contributed by atoms with Crippen molar-refractivity contribution >= 4 is 11.8 Å². The molecule has 7 nitrogen and oxygen atoms in total. The number of imidazole rings is 1. The van der Waals surface area contributed by atoms with Crippen LogP contribution in [-0.2, 0) is 4.79 Å². The van der Waals surface area contributed by atoms with Crippen molar-refractivity contribution in [2.24, 2.45) is 0 Å². The average Bonchev–Trinajstić information content (AvgIpc) is 3.33. The molecule has 7 heteroatoms. The van der Waals surface area contributed by atoms with E-state index in [9.17, 15) is 9.59 Å². The highest BCUT2D eigenvalue weighted by Crippen LogP contribution is 2.15. The third-order valence-electron chi connectivity index (χ3n) is 3.77. The van der Waals surface area contributed by atoms with E-state index in [1.165, 1.54) is 18.6 Å². The maximum absolute atomic E-state index is 12.0. The Kier molecular flexibility index (Phi) is 4.94. The second kappa shape index (κ2) is 7.48. The zero-order valence-corrected chi connectivity index (χ0v) is 13.7. The lowest BCUT2D eigenvalue weighted by Gasteiger charge is -2.15. The molecule has 25 heavy (non-hydrogen) atoms. The zero-order valence-electron chi connectivity index (χ0n) is 13.7. The predicted molar refractivity (Wildman–Crippen MR) is 91.2 cm³/mol. The molecule has 2 heterocycles. The van der Waals surface area contributed by atoms with Crippen LogP contribution in [-0.4, -0.2) is 27.9 Å². The van der Waals surface area contributed by atoms with Crippen LogP contribution in [0.1, 0.15) is 28.9 Å². The Morgan fingerprint density at radius 1 is 1.24 bits per heavy atom. The second-order valence-electron chi connectivity index (χ2n) is 5.55. The van der Waals surface area contributed by atoms with Gasteiger partial charge in [0.15, 0.2) is 0 Å². The first-order valence-corrected chi connectivity index (χ1v) is 7.81. The van der Waals surface area contributed by atoms with Gasteiger partial charge in [0.25, 0.3) is 5.91 Å². The van der Waals surface area contributed by atoms with Crippen LogP contribution >= 0.6 is 0 Å².